The van der Waals surface area contributed by atoms with Gasteiger partial charge in [-0.25, -0.2) is 4.79 Å². The Morgan fingerprint density at radius 1 is 1.19 bits per heavy atom. The number of amides is 2. The van der Waals surface area contributed by atoms with Crippen LogP contribution in [-0.4, -0.2) is 30.4 Å². The molecule has 0 aliphatic carbocycles. The van der Waals surface area contributed by atoms with Crippen LogP contribution in [0.2, 0.25) is 10.0 Å². The van der Waals surface area contributed by atoms with Gasteiger partial charge in [0.25, 0.3) is 5.91 Å². The van der Waals surface area contributed by atoms with Gasteiger partial charge in [-0.15, -0.1) is 0 Å². The highest BCUT2D eigenvalue weighted by Gasteiger charge is 2.31. The molecule has 2 amide bonds. The third-order valence-corrected chi connectivity index (χ3v) is 4.37. The number of anilines is 2. The molecule has 0 radical (unpaired) electrons. The van der Waals surface area contributed by atoms with Crippen LogP contribution in [0.4, 0.5) is 11.4 Å². The van der Waals surface area contributed by atoms with E-state index in [0.717, 1.165) is 0 Å². The number of hydrogen-bond donors (Lipinski definition) is 1. The summed E-state index contributed by atoms with van der Waals surface area (Å²) in [5.74, 6) is -1.58. The van der Waals surface area contributed by atoms with Crippen molar-refractivity contribution in [2.45, 2.75) is 13.0 Å². The third kappa shape index (κ3) is 3.66. The standard InChI is InChI=1S/C18H14Cl2N2O4/c1-10(26-18(25)12-7-6-11(19)8-13(12)20)17(24)22-9-16(23)21-14-4-2-3-5-15(14)22/h2-8,10H,9H2,1H3,(H,21,23)/t10-/m0/s1. The smallest absolute Gasteiger partial charge is 0.340 e. The van der Waals surface area contributed by atoms with E-state index in [1.165, 1.54) is 30.0 Å². The predicted octanol–water partition coefficient (Wildman–Crippen LogP) is 3.52. The summed E-state index contributed by atoms with van der Waals surface area (Å²) in [5, 5.41) is 3.20. The minimum Gasteiger partial charge on any atom is -0.449 e. The van der Waals surface area contributed by atoms with Gasteiger partial charge >= 0.3 is 5.97 Å². The maximum absolute atomic E-state index is 12.7. The van der Waals surface area contributed by atoms with Gasteiger partial charge in [0.05, 0.1) is 22.0 Å². The Kier molecular flexibility index (Phi) is 5.15. The van der Waals surface area contributed by atoms with E-state index in [4.69, 9.17) is 27.9 Å². The fraction of sp³-hybridized carbons (Fsp3) is 0.167. The van der Waals surface area contributed by atoms with Gasteiger partial charge in [-0.2, -0.15) is 0 Å². The number of esters is 1. The van der Waals surface area contributed by atoms with Gasteiger partial charge in [0.2, 0.25) is 5.91 Å². The van der Waals surface area contributed by atoms with E-state index in [2.05, 4.69) is 5.32 Å². The number of carbonyl (C=O) groups is 3. The molecule has 134 valence electrons. The molecule has 0 spiro atoms. The largest absolute Gasteiger partial charge is 0.449 e. The van der Waals surface area contributed by atoms with Crippen LogP contribution in [-0.2, 0) is 14.3 Å². The number of para-hydroxylation sites is 2. The molecule has 0 saturated carbocycles. The summed E-state index contributed by atoms with van der Waals surface area (Å²) in [6, 6.07) is 11.2. The minimum absolute atomic E-state index is 0.104. The number of ether oxygens (including phenoxy) is 1. The van der Waals surface area contributed by atoms with Crippen molar-refractivity contribution in [3.05, 3.63) is 58.1 Å². The first-order valence-electron chi connectivity index (χ1n) is 7.73. The molecule has 1 atom stereocenters. The van der Waals surface area contributed by atoms with Crippen LogP contribution in [0.25, 0.3) is 0 Å². The van der Waals surface area contributed by atoms with Crippen LogP contribution in [0.15, 0.2) is 42.5 Å². The Labute approximate surface area is 159 Å². The first kappa shape index (κ1) is 18.2. The number of nitrogens with one attached hydrogen (secondary N) is 1. The molecule has 3 rings (SSSR count). The summed E-state index contributed by atoms with van der Waals surface area (Å²) in [5.41, 5.74) is 1.17. The summed E-state index contributed by atoms with van der Waals surface area (Å²) < 4.78 is 5.23. The summed E-state index contributed by atoms with van der Waals surface area (Å²) in [4.78, 5) is 38.1. The Hall–Kier alpha value is -2.57. The SMILES string of the molecule is C[C@H](OC(=O)c1ccc(Cl)cc1Cl)C(=O)N1CC(=O)Nc2ccccc21. The molecule has 0 fully saturated rings. The molecule has 2 aromatic rings. The third-order valence-electron chi connectivity index (χ3n) is 3.82. The topological polar surface area (TPSA) is 75.7 Å². The molecule has 1 aliphatic rings. The molecular formula is C18H14Cl2N2O4. The molecular weight excluding hydrogens is 379 g/mol. The molecule has 26 heavy (non-hydrogen) atoms. The predicted molar refractivity (Wildman–Crippen MR) is 98.8 cm³/mol. The van der Waals surface area contributed by atoms with E-state index in [-0.39, 0.29) is 23.0 Å². The van der Waals surface area contributed by atoms with E-state index in [1.807, 2.05) is 0 Å². The second-order valence-electron chi connectivity index (χ2n) is 5.66. The second-order valence-corrected chi connectivity index (χ2v) is 6.51. The Balaban J connectivity index is 1.78. The quantitative estimate of drug-likeness (QED) is 0.810. The fourth-order valence-corrected chi connectivity index (χ4v) is 3.06. The number of halogens is 2. The molecule has 0 bridgehead atoms. The van der Waals surface area contributed by atoms with E-state index in [0.29, 0.717) is 16.4 Å². The van der Waals surface area contributed by atoms with Crippen molar-refractivity contribution in [2.75, 3.05) is 16.8 Å². The molecule has 0 saturated heterocycles. The van der Waals surface area contributed by atoms with Crippen LogP contribution >= 0.6 is 23.2 Å². The van der Waals surface area contributed by atoms with Crippen LogP contribution in [0.3, 0.4) is 0 Å². The van der Waals surface area contributed by atoms with Crippen LogP contribution in [0.5, 0.6) is 0 Å². The second kappa shape index (κ2) is 7.35. The van der Waals surface area contributed by atoms with E-state index in [9.17, 15) is 14.4 Å². The Morgan fingerprint density at radius 2 is 1.92 bits per heavy atom. The van der Waals surface area contributed by atoms with Crippen LogP contribution in [0, 0.1) is 0 Å². The molecule has 1 heterocycles. The minimum atomic E-state index is -1.10. The monoisotopic (exact) mass is 392 g/mol. The zero-order valence-corrected chi connectivity index (χ0v) is 15.2. The van der Waals surface area contributed by atoms with Crippen molar-refractivity contribution in [2.24, 2.45) is 0 Å². The lowest BCUT2D eigenvalue weighted by molar-refractivity contribution is -0.128. The molecule has 8 heteroatoms. The molecule has 0 unspecified atom stereocenters. The summed E-state index contributed by atoms with van der Waals surface area (Å²) in [7, 11) is 0. The lowest BCUT2D eigenvalue weighted by Gasteiger charge is -2.30. The van der Waals surface area contributed by atoms with Gasteiger partial charge < -0.3 is 10.1 Å². The lowest BCUT2D eigenvalue weighted by Crippen LogP contribution is -2.47. The number of carbonyl (C=O) groups excluding carboxylic acids is 3. The Morgan fingerprint density at radius 3 is 2.65 bits per heavy atom. The first-order chi connectivity index (χ1) is 12.4. The summed E-state index contributed by atoms with van der Waals surface area (Å²) in [6.07, 6.45) is -1.10. The molecule has 0 aromatic heterocycles. The Bertz CT molecular complexity index is 901. The van der Waals surface area contributed by atoms with Gasteiger partial charge in [0, 0.05) is 5.02 Å². The maximum Gasteiger partial charge on any atom is 0.340 e. The van der Waals surface area contributed by atoms with Crippen molar-refractivity contribution in [3.63, 3.8) is 0 Å². The van der Waals surface area contributed by atoms with E-state index in [1.54, 1.807) is 24.3 Å². The molecule has 2 aromatic carbocycles. The van der Waals surface area contributed by atoms with Crippen molar-refractivity contribution in [1.29, 1.82) is 0 Å². The normalized spacial score (nSPS) is 14.3. The van der Waals surface area contributed by atoms with Gasteiger partial charge in [-0.1, -0.05) is 35.3 Å². The van der Waals surface area contributed by atoms with Crippen molar-refractivity contribution in [1.82, 2.24) is 0 Å². The van der Waals surface area contributed by atoms with Gasteiger partial charge in [-0.3, -0.25) is 14.5 Å². The van der Waals surface area contributed by atoms with E-state index >= 15 is 0 Å². The van der Waals surface area contributed by atoms with Crippen molar-refractivity contribution < 1.29 is 19.1 Å². The number of hydrogen-bond acceptors (Lipinski definition) is 4. The molecule has 1 aliphatic heterocycles. The number of nitrogens with zero attached hydrogens (tertiary/aromatic N) is 1. The highest BCUT2D eigenvalue weighted by atomic mass is 35.5. The number of rotatable bonds is 3. The lowest BCUT2D eigenvalue weighted by atomic mass is 10.1. The van der Waals surface area contributed by atoms with Crippen molar-refractivity contribution >= 4 is 52.4 Å². The number of fused-ring (bicyclic) bond motifs is 1. The average Bonchev–Trinajstić information content (AvgIpc) is 2.60. The maximum atomic E-state index is 12.7. The zero-order valence-electron chi connectivity index (χ0n) is 13.7. The van der Waals surface area contributed by atoms with E-state index < -0.39 is 18.0 Å². The number of benzene rings is 2. The van der Waals surface area contributed by atoms with Gasteiger partial charge in [-0.05, 0) is 37.3 Å². The molecule has 1 N–H and O–H groups in total. The van der Waals surface area contributed by atoms with Gasteiger partial charge in [0.1, 0.15) is 6.54 Å². The highest BCUT2D eigenvalue weighted by molar-refractivity contribution is 6.36. The fourth-order valence-electron chi connectivity index (χ4n) is 2.58. The van der Waals surface area contributed by atoms with Gasteiger partial charge in [0.15, 0.2) is 6.10 Å². The highest BCUT2D eigenvalue weighted by Crippen LogP contribution is 2.30. The zero-order chi connectivity index (χ0) is 18.8. The molecule has 6 nitrogen and oxygen atoms in total. The van der Waals surface area contributed by atoms with Crippen LogP contribution < -0.4 is 10.2 Å². The van der Waals surface area contributed by atoms with Crippen LogP contribution in [0.1, 0.15) is 17.3 Å². The first-order valence-corrected chi connectivity index (χ1v) is 8.48. The average molecular weight is 393 g/mol. The summed E-state index contributed by atoms with van der Waals surface area (Å²) >= 11 is 11.8. The van der Waals surface area contributed by atoms with Crippen molar-refractivity contribution in [3.8, 4) is 0 Å². The summed E-state index contributed by atoms with van der Waals surface area (Å²) in [6.45, 7) is 1.29.